The fraction of sp³-hybridized carbons (Fsp3) is 0.800. The van der Waals surface area contributed by atoms with Crippen molar-refractivity contribution in [2.45, 2.75) is 39.5 Å². The number of hydrogen-bond acceptors (Lipinski definition) is 1. The minimum atomic E-state index is 0.865. The molecule has 0 saturated heterocycles. The van der Waals surface area contributed by atoms with E-state index in [1.54, 1.807) is 0 Å². The van der Waals surface area contributed by atoms with E-state index in [1.165, 1.54) is 18.6 Å². The highest BCUT2D eigenvalue weighted by Crippen LogP contribution is 2.23. The third-order valence-electron chi connectivity index (χ3n) is 2.12. The summed E-state index contributed by atoms with van der Waals surface area (Å²) in [5, 5.41) is 0. The van der Waals surface area contributed by atoms with Crippen molar-refractivity contribution in [2.75, 3.05) is 6.61 Å². The van der Waals surface area contributed by atoms with Crippen molar-refractivity contribution in [1.29, 1.82) is 0 Å². The van der Waals surface area contributed by atoms with Crippen molar-refractivity contribution in [1.82, 2.24) is 0 Å². The lowest BCUT2D eigenvalue weighted by Gasteiger charge is -2.18. The van der Waals surface area contributed by atoms with Gasteiger partial charge in [-0.1, -0.05) is 13.8 Å². The Morgan fingerprint density at radius 3 is 3.00 bits per heavy atom. The standard InChI is InChI=1S/C10H18O/c1-3-8-11-10-6-4-9(2)5-7-10/h6,9H,3-5,7-8H2,1-2H3. The Hall–Kier alpha value is -0.460. The molecule has 1 aliphatic carbocycles. The smallest absolute Gasteiger partial charge is 0.0920 e. The fourth-order valence-corrected chi connectivity index (χ4v) is 1.31. The van der Waals surface area contributed by atoms with Gasteiger partial charge in [-0.25, -0.2) is 0 Å². The van der Waals surface area contributed by atoms with Crippen molar-refractivity contribution in [3.8, 4) is 0 Å². The number of rotatable bonds is 3. The highest BCUT2D eigenvalue weighted by Gasteiger charge is 2.09. The van der Waals surface area contributed by atoms with Gasteiger partial charge in [-0.05, 0) is 31.3 Å². The molecule has 1 unspecified atom stereocenters. The predicted octanol–water partition coefficient (Wildman–Crippen LogP) is 3.12. The summed E-state index contributed by atoms with van der Waals surface area (Å²) in [5.41, 5.74) is 0. The Morgan fingerprint density at radius 1 is 1.64 bits per heavy atom. The Kier molecular flexibility index (Phi) is 3.47. The van der Waals surface area contributed by atoms with E-state index in [9.17, 15) is 0 Å². The summed E-state index contributed by atoms with van der Waals surface area (Å²) >= 11 is 0. The molecule has 0 bridgehead atoms. The molecule has 0 aliphatic heterocycles. The molecule has 1 heteroatoms. The number of hydrogen-bond donors (Lipinski definition) is 0. The summed E-state index contributed by atoms with van der Waals surface area (Å²) in [6, 6.07) is 0. The van der Waals surface area contributed by atoms with Gasteiger partial charge in [0.25, 0.3) is 0 Å². The topological polar surface area (TPSA) is 9.23 Å². The fourth-order valence-electron chi connectivity index (χ4n) is 1.31. The average Bonchev–Trinajstić information content (AvgIpc) is 2.04. The van der Waals surface area contributed by atoms with E-state index in [-0.39, 0.29) is 0 Å². The highest BCUT2D eigenvalue weighted by atomic mass is 16.5. The van der Waals surface area contributed by atoms with Crippen LogP contribution in [0.2, 0.25) is 0 Å². The molecule has 0 heterocycles. The van der Waals surface area contributed by atoms with E-state index in [4.69, 9.17) is 4.74 Å². The molecular formula is C10H18O. The van der Waals surface area contributed by atoms with Crippen molar-refractivity contribution >= 4 is 0 Å². The van der Waals surface area contributed by atoms with Gasteiger partial charge in [-0.15, -0.1) is 0 Å². The summed E-state index contributed by atoms with van der Waals surface area (Å²) in [4.78, 5) is 0. The summed E-state index contributed by atoms with van der Waals surface area (Å²) in [6.07, 6.45) is 7.03. The zero-order valence-electron chi connectivity index (χ0n) is 7.60. The monoisotopic (exact) mass is 154 g/mol. The lowest BCUT2D eigenvalue weighted by Crippen LogP contribution is -2.04. The van der Waals surface area contributed by atoms with Crippen LogP contribution in [0.15, 0.2) is 11.8 Å². The van der Waals surface area contributed by atoms with E-state index in [0.717, 1.165) is 25.4 Å². The Labute approximate surface area is 69.4 Å². The normalized spacial score (nSPS) is 24.5. The molecule has 0 amide bonds. The second-order valence-corrected chi connectivity index (χ2v) is 3.40. The van der Waals surface area contributed by atoms with E-state index >= 15 is 0 Å². The van der Waals surface area contributed by atoms with Crippen molar-refractivity contribution in [3.05, 3.63) is 11.8 Å². The first kappa shape index (κ1) is 8.63. The molecule has 0 aromatic rings. The van der Waals surface area contributed by atoms with E-state index in [1.807, 2.05) is 0 Å². The van der Waals surface area contributed by atoms with Crippen LogP contribution in [-0.2, 0) is 4.74 Å². The summed E-state index contributed by atoms with van der Waals surface area (Å²) in [6.45, 7) is 5.33. The van der Waals surface area contributed by atoms with Crippen LogP contribution in [0.3, 0.4) is 0 Å². The van der Waals surface area contributed by atoms with Crippen LogP contribution in [0, 0.1) is 5.92 Å². The molecule has 0 spiro atoms. The third-order valence-corrected chi connectivity index (χ3v) is 2.12. The Balaban J connectivity index is 2.24. The van der Waals surface area contributed by atoms with Gasteiger partial charge in [0.05, 0.1) is 12.4 Å². The van der Waals surface area contributed by atoms with Gasteiger partial charge in [-0.3, -0.25) is 0 Å². The maximum Gasteiger partial charge on any atom is 0.0920 e. The third kappa shape index (κ3) is 2.96. The molecule has 1 aliphatic rings. The van der Waals surface area contributed by atoms with Gasteiger partial charge < -0.3 is 4.74 Å². The van der Waals surface area contributed by atoms with Crippen LogP contribution in [0.5, 0.6) is 0 Å². The molecule has 1 atom stereocenters. The number of ether oxygens (including phenoxy) is 1. The van der Waals surface area contributed by atoms with Gasteiger partial charge in [-0.2, -0.15) is 0 Å². The molecule has 0 saturated carbocycles. The highest BCUT2D eigenvalue weighted by molar-refractivity contribution is 4.98. The lowest BCUT2D eigenvalue weighted by molar-refractivity contribution is 0.190. The van der Waals surface area contributed by atoms with Crippen LogP contribution in [0.4, 0.5) is 0 Å². The van der Waals surface area contributed by atoms with Crippen LogP contribution in [-0.4, -0.2) is 6.61 Å². The molecule has 0 aromatic carbocycles. The van der Waals surface area contributed by atoms with Gasteiger partial charge in [0.2, 0.25) is 0 Å². The van der Waals surface area contributed by atoms with E-state index in [2.05, 4.69) is 19.9 Å². The molecule has 0 N–H and O–H groups in total. The van der Waals surface area contributed by atoms with Crippen LogP contribution in [0.25, 0.3) is 0 Å². The van der Waals surface area contributed by atoms with Crippen molar-refractivity contribution in [2.24, 2.45) is 5.92 Å². The van der Waals surface area contributed by atoms with Crippen LogP contribution < -0.4 is 0 Å². The maximum absolute atomic E-state index is 5.54. The molecule has 1 rings (SSSR count). The van der Waals surface area contributed by atoms with Crippen LogP contribution >= 0.6 is 0 Å². The first-order chi connectivity index (χ1) is 5.33. The lowest BCUT2D eigenvalue weighted by atomic mass is 9.95. The van der Waals surface area contributed by atoms with Crippen molar-refractivity contribution in [3.63, 3.8) is 0 Å². The van der Waals surface area contributed by atoms with Crippen LogP contribution in [0.1, 0.15) is 39.5 Å². The first-order valence-corrected chi connectivity index (χ1v) is 4.64. The quantitative estimate of drug-likeness (QED) is 0.607. The predicted molar refractivity (Wildman–Crippen MR) is 47.3 cm³/mol. The largest absolute Gasteiger partial charge is 0.498 e. The summed E-state index contributed by atoms with van der Waals surface area (Å²) in [7, 11) is 0. The molecule has 11 heavy (non-hydrogen) atoms. The first-order valence-electron chi connectivity index (χ1n) is 4.64. The molecule has 64 valence electrons. The van der Waals surface area contributed by atoms with Gasteiger partial charge in [0, 0.05) is 6.42 Å². The van der Waals surface area contributed by atoms with Gasteiger partial charge >= 0.3 is 0 Å². The van der Waals surface area contributed by atoms with Crippen molar-refractivity contribution < 1.29 is 4.74 Å². The van der Waals surface area contributed by atoms with E-state index in [0.29, 0.717) is 0 Å². The molecular weight excluding hydrogens is 136 g/mol. The summed E-state index contributed by atoms with van der Waals surface area (Å²) in [5.74, 6) is 2.09. The molecule has 0 fully saturated rings. The zero-order chi connectivity index (χ0) is 8.10. The average molecular weight is 154 g/mol. The molecule has 0 radical (unpaired) electrons. The minimum absolute atomic E-state index is 0.865. The SMILES string of the molecule is CCCOC1=CCC(C)CC1. The zero-order valence-corrected chi connectivity index (χ0v) is 7.60. The maximum atomic E-state index is 5.54. The second kappa shape index (κ2) is 4.42. The van der Waals surface area contributed by atoms with Gasteiger partial charge in [0.1, 0.15) is 0 Å². The summed E-state index contributed by atoms with van der Waals surface area (Å²) < 4.78 is 5.54. The minimum Gasteiger partial charge on any atom is -0.498 e. The van der Waals surface area contributed by atoms with Gasteiger partial charge in [0.15, 0.2) is 0 Å². The molecule has 0 aromatic heterocycles. The molecule has 1 nitrogen and oxygen atoms in total. The Bertz CT molecular complexity index is 138. The second-order valence-electron chi connectivity index (χ2n) is 3.40. The number of allylic oxidation sites excluding steroid dienone is 2. The van der Waals surface area contributed by atoms with E-state index < -0.39 is 0 Å². The Morgan fingerprint density at radius 2 is 2.45 bits per heavy atom.